The third-order valence-corrected chi connectivity index (χ3v) is 7.94. The van der Waals surface area contributed by atoms with Crippen molar-refractivity contribution in [1.29, 1.82) is 0 Å². The second-order valence-corrected chi connectivity index (χ2v) is 13.7. The SMILES string of the molecule is CCOC(=O)c1sc(N2C[C@@H]3[C@H](C2)[C@H]3N(C(=O)OC(C)(C)C)C(=O)OC(C)(C)C)nc1Cc1cccc(Br)c1. The number of aromatic nitrogens is 1. The van der Waals surface area contributed by atoms with Gasteiger partial charge in [0, 0.05) is 35.8 Å². The molecule has 1 aromatic heterocycles. The smallest absolute Gasteiger partial charge is 0.420 e. The number of thiazole rings is 1. The van der Waals surface area contributed by atoms with E-state index in [0.717, 1.165) is 20.1 Å². The lowest BCUT2D eigenvalue weighted by Crippen LogP contribution is -2.47. The molecule has 0 radical (unpaired) electrons. The van der Waals surface area contributed by atoms with Crippen LogP contribution in [0.5, 0.6) is 0 Å². The molecule has 0 bridgehead atoms. The van der Waals surface area contributed by atoms with Gasteiger partial charge in [0.2, 0.25) is 0 Å². The number of amides is 2. The zero-order valence-electron chi connectivity index (χ0n) is 23.4. The molecule has 2 fully saturated rings. The number of fused-ring (bicyclic) bond motifs is 1. The van der Waals surface area contributed by atoms with Crippen molar-refractivity contribution in [2.75, 3.05) is 24.6 Å². The molecular weight excluding hydrogens is 586 g/mol. The van der Waals surface area contributed by atoms with E-state index in [4.69, 9.17) is 19.2 Å². The number of hydrogen-bond donors (Lipinski definition) is 0. The number of ether oxygens (including phenoxy) is 3. The van der Waals surface area contributed by atoms with Crippen LogP contribution in [0.1, 0.15) is 69.4 Å². The Bertz CT molecular complexity index is 1210. The normalized spacial score (nSPS) is 20.3. The molecule has 0 N–H and O–H groups in total. The van der Waals surface area contributed by atoms with Gasteiger partial charge >= 0.3 is 18.2 Å². The first-order chi connectivity index (χ1) is 18.2. The van der Waals surface area contributed by atoms with Crippen molar-refractivity contribution in [2.24, 2.45) is 11.8 Å². The minimum atomic E-state index is -0.748. The summed E-state index contributed by atoms with van der Waals surface area (Å²) in [6.45, 7) is 13.9. The zero-order valence-corrected chi connectivity index (χ0v) is 25.8. The van der Waals surface area contributed by atoms with Crippen LogP contribution < -0.4 is 4.90 Å². The minimum Gasteiger partial charge on any atom is -0.462 e. The summed E-state index contributed by atoms with van der Waals surface area (Å²) >= 11 is 4.82. The number of esters is 1. The summed E-state index contributed by atoms with van der Waals surface area (Å²) < 4.78 is 17.4. The molecule has 2 aliphatic rings. The highest BCUT2D eigenvalue weighted by Crippen LogP contribution is 2.51. The lowest BCUT2D eigenvalue weighted by Gasteiger charge is -2.30. The number of anilines is 1. The molecule has 4 rings (SSSR count). The van der Waals surface area contributed by atoms with Crippen LogP contribution in [0.15, 0.2) is 28.7 Å². The van der Waals surface area contributed by atoms with Crippen molar-refractivity contribution in [3.63, 3.8) is 0 Å². The Hall–Kier alpha value is -2.66. The Morgan fingerprint density at radius 1 is 1.05 bits per heavy atom. The number of rotatable bonds is 6. The molecule has 11 heteroatoms. The monoisotopic (exact) mass is 621 g/mol. The number of benzene rings is 1. The number of halogens is 1. The molecule has 1 saturated carbocycles. The van der Waals surface area contributed by atoms with Gasteiger partial charge in [-0.25, -0.2) is 24.3 Å². The van der Waals surface area contributed by atoms with Gasteiger partial charge in [0.1, 0.15) is 16.1 Å². The predicted octanol–water partition coefficient (Wildman–Crippen LogP) is 6.28. The molecule has 2 aromatic rings. The summed E-state index contributed by atoms with van der Waals surface area (Å²) in [5, 5.41) is 0.732. The Balaban J connectivity index is 1.52. The first kappa shape index (κ1) is 29.3. The summed E-state index contributed by atoms with van der Waals surface area (Å²) in [6.07, 6.45) is -0.894. The van der Waals surface area contributed by atoms with Crippen LogP contribution in [0, 0.1) is 11.8 Å². The third kappa shape index (κ3) is 7.11. The fourth-order valence-electron chi connectivity index (χ4n) is 4.77. The summed E-state index contributed by atoms with van der Waals surface area (Å²) in [4.78, 5) is 47.5. The van der Waals surface area contributed by atoms with Crippen molar-refractivity contribution in [2.45, 2.75) is 72.1 Å². The van der Waals surface area contributed by atoms with Gasteiger partial charge in [-0.3, -0.25) is 0 Å². The van der Waals surface area contributed by atoms with Crippen molar-refractivity contribution < 1.29 is 28.6 Å². The van der Waals surface area contributed by atoms with Crippen LogP contribution in [0.3, 0.4) is 0 Å². The third-order valence-electron chi connectivity index (χ3n) is 6.31. The fourth-order valence-corrected chi connectivity index (χ4v) is 6.21. The van der Waals surface area contributed by atoms with Gasteiger partial charge in [-0.1, -0.05) is 39.4 Å². The lowest BCUT2D eigenvalue weighted by molar-refractivity contribution is -0.00218. The average molecular weight is 623 g/mol. The predicted molar refractivity (Wildman–Crippen MR) is 152 cm³/mol. The van der Waals surface area contributed by atoms with E-state index in [-0.39, 0.29) is 30.5 Å². The Labute approximate surface area is 241 Å². The molecule has 3 atom stereocenters. The molecule has 1 aliphatic carbocycles. The van der Waals surface area contributed by atoms with Gasteiger partial charge in [0.25, 0.3) is 0 Å². The molecule has 212 valence electrons. The maximum Gasteiger partial charge on any atom is 0.420 e. The van der Waals surface area contributed by atoms with Gasteiger partial charge in [-0.15, -0.1) is 0 Å². The van der Waals surface area contributed by atoms with Gasteiger partial charge in [0.05, 0.1) is 18.3 Å². The second-order valence-electron chi connectivity index (χ2n) is 11.9. The van der Waals surface area contributed by atoms with Crippen LogP contribution in [0.2, 0.25) is 0 Å². The van der Waals surface area contributed by atoms with Crippen LogP contribution >= 0.6 is 27.3 Å². The second kappa shape index (κ2) is 11.1. The maximum atomic E-state index is 13.1. The summed E-state index contributed by atoms with van der Waals surface area (Å²) in [7, 11) is 0. The van der Waals surface area contributed by atoms with Crippen molar-refractivity contribution in [3.05, 3.63) is 44.9 Å². The summed E-state index contributed by atoms with van der Waals surface area (Å²) in [5.41, 5.74) is 0.208. The van der Waals surface area contributed by atoms with E-state index in [0.29, 0.717) is 30.1 Å². The van der Waals surface area contributed by atoms with Crippen LogP contribution in [-0.4, -0.2) is 65.0 Å². The number of piperidine rings is 1. The van der Waals surface area contributed by atoms with E-state index >= 15 is 0 Å². The summed E-state index contributed by atoms with van der Waals surface area (Å²) in [5.74, 6) is -0.253. The number of carbonyl (C=O) groups excluding carboxylic acids is 3. The number of carbonyl (C=O) groups is 3. The molecule has 9 nitrogen and oxygen atoms in total. The zero-order chi connectivity index (χ0) is 28.7. The number of imide groups is 1. The lowest BCUT2D eigenvalue weighted by atomic mass is 10.1. The standard InChI is InChI=1S/C28H36BrN3O6S/c1-8-36-23(33)22-20(13-16-10-9-11-17(29)12-16)30-24(39-22)31-14-18-19(15-31)21(18)32(25(34)37-27(2,3)4)26(35)38-28(5,6)7/h9-12,18-19,21H,8,13-15H2,1-7H3/t18-,19+,21+. The molecule has 0 unspecified atom stereocenters. The summed E-state index contributed by atoms with van der Waals surface area (Å²) in [6, 6.07) is 7.59. The molecule has 2 heterocycles. The van der Waals surface area contributed by atoms with E-state index in [9.17, 15) is 14.4 Å². The van der Waals surface area contributed by atoms with Crippen molar-refractivity contribution >= 4 is 50.6 Å². The largest absolute Gasteiger partial charge is 0.462 e. The van der Waals surface area contributed by atoms with Crippen molar-refractivity contribution in [3.8, 4) is 0 Å². The van der Waals surface area contributed by atoms with E-state index < -0.39 is 23.4 Å². The van der Waals surface area contributed by atoms with E-state index in [1.807, 2.05) is 24.3 Å². The van der Waals surface area contributed by atoms with Crippen LogP contribution in [0.25, 0.3) is 0 Å². The van der Waals surface area contributed by atoms with Gasteiger partial charge in [-0.2, -0.15) is 0 Å². The topological polar surface area (TPSA) is 98.3 Å². The van der Waals surface area contributed by atoms with E-state index in [2.05, 4.69) is 20.8 Å². The Kier molecular flexibility index (Phi) is 8.33. The molecule has 2 amide bonds. The van der Waals surface area contributed by atoms with Crippen molar-refractivity contribution in [1.82, 2.24) is 9.88 Å². The molecule has 1 aliphatic heterocycles. The molecule has 1 saturated heterocycles. The molecule has 1 aromatic carbocycles. The minimum absolute atomic E-state index is 0.0634. The first-order valence-corrected chi connectivity index (χ1v) is 14.7. The number of hydrogen-bond acceptors (Lipinski definition) is 9. The maximum absolute atomic E-state index is 13.1. The quantitative estimate of drug-likeness (QED) is 0.274. The molecule has 39 heavy (non-hydrogen) atoms. The molecule has 0 spiro atoms. The fraction of sp³-hybridized carbons (Fsp3) is 0.571. The van der Waals surface area contributed by atoms with Crippen LogP contribution in [-0.2, 0) is 20.6 Å². The number of nitrogens with zero attached hydrogens (tertiary/aromatic N) is 3. The first-order valence-electron chi connectivity index (χ1n) is 13.1. The Morgan fingerprint density at radius 2 is 1.64 bits per heavy atom. The highest BCUT2D eigenvalue weighted by molar-refractivity contribution is 9.10. The average Bonchev–Trinajstić information content (AvgIpc) is 3.12. The van der Waals surface area contributed by atoms with Gasteiger partial charge in [0.15, 0.2) is 5.13 Å². The molecular formula is C28H36BrN3O6S. The highest BCUT2D eigenvalue weighted by Gasteiger charge is 2.62. The van der Waals surface area contributed by atoms with Gasteiger partial charge in [-0.05, 0) is 66.2 Å². The van der Waals surface area contributed by atoms with Crippen LogP contribution in [0.4, 0.5) is 14.7 Å². The van der Waals surface area contributed by atoms with Gasteiger partial charge < -0.3 is 19.1 Å². The Morgan fingerprint density at radius 3 is 2.15 bits per heavy atom. The highest BCUT2D eigenvalue weighted by atomic mass is 79.9. The van der Waals surface area contributed by atoms with E-state index in [1.54, 1.807) is 48.5 Å². The van der Waals surface area contributed by atoms with E-state index in [1.165, 1.54) is 11.3 Å².